The van der Waals surface area contributed by atoms with E-state index >= 15 is 0 Å². The maximum Gasteiger partial charge on any atom is 0.328 e. The number of carbonyl (C=O) groups is 3. The molecule has 2 aromatic heterocycles. The second kappa shape index (κ2) is 18.1. The van der Waals surface area contributed by atoms with Gasteiger partial charge in [-0.1, -0.05) is 36.6 Å². The summed E-state index contributed by atoms with van der Waals surface area (Å²) < 4.78 is 33.4. The Hall–Kier alpha value is -4.63. The predicted molar refractivity (Wildman–Crippen MR) is 206 cm³/mol. The van der Waals surface area contributed by atoms with Crippen LogP contribution in [-0.2, 0) is 38.8 Å². The molecule has 0 saturated carbocycles. The Morgan fingerprint density at radius 3 is 2.68 bits per heavy atom. The monoisotopic (exact) mass is 790 g/mol. The number of rotatable bonds is 12. The van der Waals surface area contributed by atoms with E-state index in [1.807, 2.05) is 18.2 Å². The predicted octanol–water partition coefficient (Wildman–Crippen LogP) is 5.01. The molecule has 2 amide bonds. The van der Waals surface area contributed by atoms with Crippen molar-refractivity contribution in [1.82, 2.24) is 29.7 Å². The topological polar surface area (TPSA) is 148 Å². The minimum Gasteiger partial charge on any atom is -0.473 e. The number of hydrogen-bond acceptors (Lipinski definition) is 10. The number of esters is 1. The van der Waals surface area contributed by atoms with Gasteiger partial charge in [0.2, 0.25) is 11.8 Å². The number of imidazole rings is 1. The number of aliphatic hydroxyl groups excluding tert-OH is 1. The van der Waals surface area contributed by atoms with Crippen LogP contribution < -0.4 is 10.1 Å². The zero-order chi connectivity index (χ0) is 39.2. The number of benzene rings is 2. The number of nitrogens with one attached hydrogen (secondary N) is 1. The number of pyridine rings is 1. The van der Waals surface area contributed by atoms with E-state index < -0.39 is 35.7 Å². The first kappa shape index (κ1) is 39.6. The minimum absolute atomic E-state index is 0.00282. The van der Waals surface area contributed by atoms with Crippen molar-refractivity contribution < 1.29 is 38.1 Å². The van der Waals surface area contributed by atoms with Crippen LogP contribution in [0.25, 0.3) is 11.0 Å². The maximum atomic E-state index is 14.3. The van der Waals surface area contributed by atoms with Gasteiger partial charge in [-0.05, 0) is 75.2 Å². The first-order valence-corrected chi connectivity index (χ1v) is 19.7. The average Bonchev–Trinajstić information content (AvgIpc) is 3.64. The Kier molecular flexibility index (Phi) is 12.8. The van der Waals surface area contributed by atoms with Gasteiger partial charge < -0.3 is 34.1 Å². The third kappa shape index (κ3) is 9.48. The molecule has 56 heavy (non-hydrogen) atoms. The molecule has 0 bridgehead atoms. The highest BCUT2D eigenvalue weighted by Crippen LogP contribution is 2.30. The lowest BCUT2D eigenvalue weighted by Gasteiger charge is -2.31. The molecule has 2 aromatic carbocycles. The van der Waals surface area contributed by atoms with Crippen molar-refractivity contribution in [1.29, 1.82) is 0 Å². The molecular weight excluding hydrogens is 743 g/mol. The van der Waals surface area contributed by atoms with Crippen molar-refractivity contribution in [3.8, 4) is 5.88 Å². The third-order valence-corrected chi connectivity index (χ3v) is 11.2. The lowest BCUT2D eigenvalue weighted by molar-refractivity contribution is -0.150. The van der Waals surface area contributed by atoms with Crippen LogP contribution in [0, 0.1) is 5.82 Å². The highest BCUT2D eigenvalue weighted by atomic mass is 35.5. The van der Waals surface area contributed by atoms with Crippen LogP contribution in [0.15, 0.2) is 54.6 Å². The van der Waals surface area contributed by atoms with Gasteiger partial charge >= 0.3 is 5.97 Å². The SMILES string of the molecule is COC(=O)[C@@H]1C[C@@H](O)CN1C(=O)CNC(=O)c1ccc2c(c1)nc(CN1CCC(c3cccc(OCc4ccc(Cl)cc4F)n3)CC1)n2C[C@@H]1CCCCCO1. The fourth-order valence-electron chi connectivity index (χ4n) is 7.90. The van der Waals surface area contributed by atoms with Gasteiger partial charge in [-0.15, -0.1) is 0 Å². The van der Waals surface area contributed by atoms with E-state index in [0.29, 0.717) is 40.6 Å². The van der Waals surface area contributed by atoms with Crippen molar-refractivity contribution in [2.24, 2.45) is 0 Å². The number of ether oxygens (including phenoxy) is 3. The number of β-amino-alcohol motifs (C(OH)–C–C–N with tert-alkyl or cyclic N) is 1. The Bertz CT molecular complexity index is 2030. The number of nitrogens with zero attached hydrogens (tertiary/aromatic N) is 5. The summed E-state index contributed by atoms with van der Waals surface area (Å²) in [5.74, 6) is -0.350. The fourth-order valence-corrected chi connectivity index (χ4v) is 8.06. The molecule has 0 unspecified atom stereocenters. The molecule has 13 nitrogen and oxygen atoms in total. The molecule has 0 spiro atoms. The molecule has 3 saturated heterocycles. The number of aromatic nitrogens is 3. The smallest absolute Gasteiger partial charge is 0.328 e. The van der Waals surface area contributed by atoms with Crippen LogP contribution in [0.2, 0.25) is 5.02 Å². The highest BCUT2D eigenvalue weighted by Gasteiger charge is 2.39. The van der Waals surface area contributed by atoms with Crippen LogP contribution in [0.1, 0.15) is 78.3 Å². The fraction of sp³-hybridized carbons (Fsp3) is 0.488. The highest BCUT2D eigenvalue weighted by molar-refractivity contribution is 6.30. The summed E-state index contributed by atoms with van der Waals surface area (Å²) in [4.78, 5) is 51.9. The van der Waals surface area contributed by atoms with Gasteiger partial charge in [0.05, 0.1) is 50.0 Å². The van der Waals surface area contributed by atoms with Gasteiger partial charge in [-0.3, -0.25) is 14.5 Å². The summed E-state index contributed by atoms with van der Waals surface area (Å²) in [6.07, 6.45) is 5.38. The molecule has 7 rings (SSSR count). The van der Waals surface area contributed by atoms with Gasteiger partial charge in [0, 0.05) is 53.4 Å². The number of amides is 2. The zero-order valence-corrected chi connectivity index (χ0v) is 32.3. The number of halogens is 2. The number of hydrogen-bond donors (Lipinski definition) is 2. The summed E-state index contributed by atoms with van der Waals surface area (Å²) in [6.45, 7) is 3.40. The van der Waals surface area contributed by atoms with E-state index in [9.17, 15) is 23.9 Å². The molecule has 2 N–H and O–H groups in total. The number of methoxy groups -OCH3 is 1. The minimum atomic E-state index is -0.886. The molecule has 5 heterocycles. The van der Waals surface area contributed by atoms with Gasteiger partial charge in [0.25, 0.3) is 5.91 Å². The lowest BCUT2D eigenvalue weighted by atomic mass is 9.93. The molecule has 3 fully saturated rings. The zero-order valence-electron chi connectivity index (χ0n) is 31.5. The molecule has 3 aliphatic heterocycles. The third-order valence-electron chi connectivity index (χ3n) is 11.0. The molecule has 3 atom stereocenters. The van der Waals surface area contributed by atoms with E-state index in [-0.39, 0.29) is 38.1 Å². The summed E-state index contributed by atoms with van der Waals surface area (Å²) in [6, 6.07) is 14.7. The summed E-state index contributed by atoms with van der Waals surface area (Å²) >= 11 is 5.89. The van der Waals surface area contributed by atoms with Crippen LogP contribution in [0.4, 0.5) is 4.39 Å². The van der Waals surface area contributed by atoms with Gasteiger partial charge in [0.15, 0.2) is 0 Å². The van der Waals surface area contributed by atoms with Crippen molar-refractivity contribution in [2.75, 3.05) is 39.9 Å². The second-order valence-corrected chi connectivity index (χ2v) is 15.3. The Labute approximate surface area is 330 Å². The average molecular weight is 791 g/mol. The Morgan fingerprint density at radius 2 is 1.88 bits per heavy atom. The van der Waals surface area contributed by atoms with Crippen molar-refractivity contribution >= 4 is 40.4 Å². The molecule has 15 heteroatoms. The van der Waals surface area contributed by atoms with Gasteiger partial charge in [-0.2, -0.15) is 0 Å². The maximum absolute atomic E-state index is 14.3. The molecule has 4 aromatic rings. The van der Waals surface area contributed by atoms with E-state index in [0.717, 1.165) is 75.3 Å². The summed E-state index contributed by atoms with van der Waals surface area (Å²) in [5, 5.41) is 13.1. The number of carbonyl (C=O) groups excluding carboxylic acids is 3. The molecule has 298 valence electrons. The van der Waals surface area contributed by atoms with Crippen LogP contribution >= 0.6 is 11.6 Å². The molecular formula is C41H48ClFN6O7. The Balaban J connectivity index is 1.01. The van der Waals surface area contributed by atoms with Gasteiger partial charge in [-0.25, -0.2) is 19.2 Å². The number of piperidine rings is 1. The Morgan fingerprint density at radius 1 is 1.04 bits per heavy atom. The van der Waals surface area contributed by atoms with E-state index in [1.54, 1.807) is 30.3 Å². The van der Waals surface area contributed by atoms with E-state index in [4.69, 9.17) is 35.8 Å². The summed E-state index contributed by atoms with van der Waals surface area (Å²) in [5.41, 5.74) is 3.30. The van der Waals surface area contributed by atoms with Crippen molar-refractivity contribution in [3.05, 3.63) is 88.1 Å². The molecule has 0 aliphatic carbocycles. The largest absolute Gasteiger partial charge is 0.473 e. The van der Waals surface area contributed by atoms with E-state index in [2.05, 4.69) is 14.8 Å². The van der Waals surface area contributed by atoms with Gasteiger partial charge in [0.1, 0.15) is 24.3 Å². The standard InChI is InChI=1S/C41H48ClFN6O7/c1-54-41(53)36-20-30(50)22-49(36)39(51)21-44-40(52)27-10-12-35-34(18-27)45-37(48(35)23-31-6-3-2-4-17-55-31)24-47-15-13-26(14-16-47)33-7-5-8-38(46-33)56-25-28-9-11-29(42)19-32(28)43/h5,7-12,18-19,26,30-31,36,50H,2-4,6,13-17,20-25H2,1H3,(H,44,52)/t30-,31+,36+/m1/s1. The number of fused-ring (bicyclic) bond motifs is 1. The van der Waals surface area contributed by atoms with Crippen LogP contribution in [-0.4, -0.2) is 105 Å². The first-order valence-electron chi connectivity index (χ1n) is 19.4. The second-order valence-electron chi connectivity index (χ2n) is 14.8. The molecule has 3 aliphatic rings. The van der Waals surface area contributed by atoms with Crippen LogP contribution in [0.3, 0.4) is 0 Å². The van der Waals surface area contributed by atoms with E-state index in [1.165, 1.54) is 18.1 Å². The number of likely N-dealkylation sites (tertiary alicyclic amines) is 2. The van der Waals surface area contributed by atoms with Crippen molar-refractivity contribution in [2.45, 2.75) is 88.8 Å². The van der Waals surface area contributed by atoms with Crippen molar-refractivity contribution in [3.63, 3.8) is 0 Å². The quantitative estimate of drug-likeness (QED) is 0.188. The van der Waals surface area contributed by atoms with Crippen LogP contribution in [0.5, 0.6) is 5.88 Å². The number of aliphatic hydroxyl groups is 1. The summed E-state index contributed by atoms with van der Waals surface area (Å²) in [7, 11) is 1.23. The first-order chi connectivity index (χ1) is 27.1. The normalized spacial score (nSPS) is 20.9. The lowest BCUT2D eigenvalue weighted by Crippen LogP contribution is -2.46. The molecule has 0 radical (unpaired) electrons.